The van der Waals surface area contributed by atoms with Crippen LogP contribution in [0.15, 0.2) is 109 Å². The van der Waals surface area contributed by atoms with Gasteiger partial charge in [0.05, 0.1) is 6.61 Å². The molecule has 0 spiro atoms. The first-order chi connectivity index (χ1) is 17.2. The number of nitrogens with zero attached hydrogens (tertiary/aromatic N) is 1. The number of benzene rings is 4. The minimum Gasteiger partial charge on any atom is -0.356 e. The molecular formula is C32H35NO2U. The van der Waals surface area contributed by atoms with E-state index in [1.807, 2.05) is 86.6 Å². The quantitative estimate of drug-likeness (QED) is 0.170. The number of carbonyl (C=O) groups excluding carboxylic acids is 1. The second-order valence-corrected chi connectivity index (χ2v) is 8.27. The molecule has 4 rings (SSSR count). The van der Waals surface area contributed by atoms with Crippen molar-refractivity contribution in [1.29, 1.82) is 0 Å². The Morgan fingerprint density at radius 1 is 0.694 bits per heavy atom. The number of hydrogen-bond donors (Lipinski definition) is 0. The summed E-state index contributed by atoms with van der Waals surface area (Å²) in [6, 6.07) is 36.4. The fraction of sp³-hybridized carbons (Fsp3) is 0.219. The zero-order chi connectivity index (χ0) is 24.9. The van der Waals surface area contributed by atoms with Crippen molar-refractivity contribution in [3.05, 3.63) is 143 Å². The van der Waals surface area contributed by atoms with Crippen LogP contribution < -0.4 is 0 Å². The zero-order valence-electron chi connectivity index (χ0n) is 21.5. The van der Waals surface area contributed by atoms with Gasteiger partial charge < -0.3 is 9.64 Å². The maximum Gasteiger partial charge on any atom is 0.256 e. The molecule has 1 amide bonds. The fourth-order valence-electron chi connectivity index (χ4n) is 3.81. The Morgan fingerprint density at radius 2 is 1.25 bits per heavy atom. The maximum absolute atomic E-state index is 13.7. The van der Waals surface area contributed by atoms with Crippen LogP contribution in [0.2, 0.25) is 0 Å². The van der Waals surface area contributed by atoms with E-state index in [0.717, 1.165) is 22.3 Å². The number of amides is 1. The van der Waals surface area contributed by atoms with Crippen LogP contribution in [0.4, 0.5) is 0 Å². The number of aryl methyl sites for hydroxylation is 1. The van der Waals surface area contributed by atoms with Gasteiger partial charge in [0.2, 0.25) is 0 Å². The van der Waals surface area contributed by atoms with Crippen molar-refractivity contribution >= 4 is 5.91 Å². The van der Waals surface area contributed by atoms with Crippen LogP contribution in [0.5, 0.6) is 0 Å². The number of carbonyl (C=O) groups is 1. The summed E-state index contributed by atoms with van der Waals surface area (Å²) in [5.74, 6) is -0.0192. The van der Waals surface area contributed by atoms with Crippen LogP contribution in [0, 0.1) is 38.0 Å². The smallest absolute Gasteiger partial charge is 0.256 e. The number of rotatable bonds is 9. The minimum atomic E-state index is -0.0192. The van der Waals surface area contributed by atoms with Crippen molar-refractivity contribution < 1.29 is 40.6 Å². The molecule has 3 nitrogen and oxygen atoms in total. The SMILES string of the molecule is CC.Cc1ccc(COCN(Cc2ccccc2)C(=O)c2ccccc2Cc2ccccc2)cc1.[U]. The van der Waals surface area contributed by atoms with Gasteiger partial charge in [-0.3, -0.25) is 4.79 Å². The van der Waals surface area contributed by atoms with Crippen molar-refractivity contribution in [2.24, 2.45) is 0 Å². The predicted octanol–water partition coefficient (Wildman–Crippen LogP) is 7.43. The molecule has 0 aromatic heterocycles. The standard InChI is InChI=1S/C30H29NO2.C2H6.U/c1-24-16-18-27(19-17-24)22-33-23-31(21-26-12-6-3-7-13-26)30(32)29-15-9-8-14-28(29)20-25-10-4-2-5-11-25;1-2;/h2-19H,20-23H2,1H3;1-2H3;. The molecule has 4 aromatic rings. The second kappa shape index (κ2) is 16.2. The average Bonchev–Trinajstić information content (AvgIpc) is 2.91. The predicted molar refractivity (Wildman–Crippen MR) is 144 cm³/mol. The van der Waals surface area contributed by atoms with Gasteiger partial charge in [-0.25, -0.2) is 0 Å². The number of hydrogen-bond acceptors (Lipinski definition) is 2. The molecule has 4 heteroatoms. The molecule has 0 fully saturated rings. The van der Waals surface area contributed by atoms with E-state index < -0.39 is 0 Å². The van der Waals surface area contributed by atoms with Gasteiger partial charge in [-0.1, -0.05) is 123 Å². The van der Waals surface area contributed by atoms with E-state index >= 15 is 0 Å². The Bertz CT molecular complexity index is 1160. The van der Waals surface area contributed by atoms with Gasteiger partial charge >= 0.3 is 0 Å². The van der Waals surface area contributed by atoms with Crippen LogP contribution >= 0.6 is 0 Å². The van der Waals surface area contributed by atoms with Crippen LogP contribution in [0.1, 0.15) is 52.0 Å². The molecule has 36 heavy (non-hydrogen) atoms. The molecule has 0 radical (unpaired) electrons. The van der Waals surface area contributed by atoms with Crippen molar-refractivity contribution in [1.82, 2.24) is 4.90 Å². The van der Waals surface area contributed by atoms with Crippen molar-refractivity contribution in [3.8, 4) is 0 Å². The third-order valence-electron chi connectivity index (χ3n) is 5.63. The van der Waals surface area contributed by atoms with Crippen molar-refractivity contribution in [3.63, 3.8) is 0 Å². The molecule has 0 unspecified atom stereocenters. The average molecular weight is 704 g/mol. The minimum absolute atomic E-state index is 0. The van der Waals surface area contributed by atoms with E-state index in [2.05, 4.69) is 43.3 Å². The molecule has 0 aliphatic rings. The molecule has 4 aromatic carbocycles. The van der Waals surface area contributed by atoms with Crippen LogP contribution in [0.3, 0.4) is 0 Å². The third kappa shape index (κ3) is 9.10. The van der Waals surface area contributed by atoms with Gasteiger partial charge in [-0.2, -0.15) is 0 Å². The van der Waals surface area contributed by atoms with E-state index in [-0.39, 0.29) is 43.8 Å². The first-order valence-corrected chi connectivity index (χ1v) is 12.3. The van der Waals surface area contributed by atoms with Crippen LogP contribution in [0.25, 0.3) is 0 Å². The molecular weight excluding hydrogens is 668 g/mol. The fourth-order valence-corrected chi connectivity index (χ4v) is 3.81. The van der Waals surface area contributed by atoms with E-state index in [4.69, 9.17) is 4.74 Å². The summed E-state index contributed by atoms with van der Waals surface area (Å²) < 4.78 is 6.00. The van der Waals surface area contributed by atoms with Crippen LogP contribution in [-0.2, 0) is 24.3 Å². The van der Waals surface area contributed by atoms with Gasteiger partial charge in [0.25, 0.3) is 5.91 Å². The van der Waals surface area contributed by atoms with Crippen molar-refractivity contribution in [2.45, 2.75) is 40.3 Å². The van der Waals surface area contributed by atoms with Crippen LogP contribution in [-0.4, -0.2) is 17.5 Å². The summed E-state index contributed by atoms with van der Waals surface area (Å²) >= 11 is 0. The maximum atomic E-state index is 13.7. The molecule has 0 N–H and O–H groups in total. The molecule has 0 aliphatic carbocycles. The first-order valence-electron chi connectivity index (χ1n) is 12.3. The third-order valence-corrected chi connectivity index (χ3v) is 5.63. The first kappa shape index (κ1) is 29.6. The Balaban J connectivity index is 0.00000148. The normalized spacial score (nSPS) is 9.97. The zero-order valence-corrected chi connectivity index (χ0v) is 25.6. The molecule has 0 bridgehead atoms. The van der Waals surface area contributed by atoms with Gasteiger partial charge in [0.15, 0.2) is 0 Å². The molecule has 0 atom stereocenters. The van der Waals surface area contributed by atoms with Gasteiger partial charge in [-0.05, 0) is 41.7 Å². The topological polar surface area (TPSA) is 29.5 Å². The summed E-state index contributed by atoms with van der Waals surface area (Å²) in [4.78, 5) is 15.5. The monoisotopic (exact) mass is 703 g/mol. The van der Waals surface area contributed by atoms with E-state index in [1.54, 1.807) is 4.90 Å². The summed E-state index contributed by atoms with van der Waals surface area (Å²) in [7, 11) is 0. The Labute approximate surface area is 239 Å². The molecule has 184 valence electrons. The number of ether oxygens (including phenoxy) is 1. The summed E-state index contributed by atoms with van der Waals surface area (Å²) in [6.07, 6.45) is 0.714. The molecule has 0 saturated heterocycles. The molecule has 0 heterocycles. The Hall–Kier alpha value is -2.64. The van der Waals surface area contributed by atoms with Crippen molar-refractivity contribution in [2.75, 3.05) is 6.73 Å². The molecule has 0 saturated carbocycles. The van der Waals surface area contributed by atoms with E-state index in [1.165, 1.54) is 11.1 Å². The summed E-state index contributed by atoms with van der Waals surface area (Å²) in [6.45, 7) is 7.25. The molecule has 0 aliphatic heterocycles. The van der Waals surface area contributed by atoms with Gasteiger partial charge in [0.1, 0.15) is 6.73 Å². The summed E-state index contributed by atoms with van der Waals surface area (Å²) in [5, 5.41) is 0. The van der Waals surface area contributed by atoms with E-state index in [9.17, 15) is 4.79 Å². The van der Waals surface area contributed by atoms with E-state index in [0.29, 0.717) is 19.6 Å². The second-order valence-electron chi connectivity index (χ2n) is 8.27. The summed E-state index contributed by atoms with van der Waals surface area (Å²) in [5.41, 5.74) is 6.31. The Kier molecular flexibility index (Phi) is 13.3. The largest absolute Gasteiger partial charge is 0.356 e. The Morgan fingerprint density at radius 3 is 1.89 bits per heavy atom. The van der Waals surface area contributed by atoms with Gasteiger partial charge in [-0.15, -0.1) is 0 Å². The van der Waals surface area contributed by atoms with Gasteiger partial charge in [0, 0.05) is 43.2 Å².